The van der Waals surface area contributed by atoms with Crippen LogP contribution in [0.4, 0.5) is 34.1 Å². The smallest absolute Gasteiger partial charge is 0.0539 e. The number of anilines is 6. The van der Waals surface area contributed by atoms with Crippen molar-refractivity contribution in [1.82, 2.24) is 4.57 Å². The summed E-state index contributed by atoms with van der Waals surface area (Å²) in [6.07, 6.45) is 5.81. The molecule has 2 aliphatic carbocycles. The Bertz CT molecular complexity index is 3940. The monoisotopic (exact) mass is 945 g/mol. The van der Waals surface area contributed by atoms with Gasteiger partial charge in [-0.25, -0.2) is 0 Å². The molecule has 0 bridgehead atoms. The Morgan fingerprint density at radius 1 is 0.378 bits per heavy atom. The molecule has 0 amide bonds. The minimum Gasteiger partial charge on any atom is -0.311 e. The molecule has 0 saturated heterocycles. The number of hydrogen-bond acceptors (Lipinski definition) is 2. The predicted molar refractivity (Wildman–Crippen MR) is 310 cm³/mol. The summed E-state index contributed by atoms with van der Waals surface area (Å²) in [5.74, 6) is 0.111. The summed E-state index contributed by atoms with van der Waals surface area (Å²) in [7, 11) is 0. The van der Waals surface area contributed by atoms with Crippen molar-refractivity contribution in [2.45, 2.75) is 11.8 Å². The highest BCUT2D eigenvalue weighted by Gasteiger charge is 2.50. The quantitative estimate of drug-likeness (QED) is 0.135. The first-order valence-corrected chi connectivity index (χ1v) is 25.8. The van der Waals surface area contributed by atoms with E-state index in [1.807, 2.05) is 0 Å². The van der Waals surface area contributed by atoms with Crippen LogP contribution >= 0.6 is 0 Å². The van der Waals surface area contributed by atoms with Gasteiger partial charge in [0.05, 0.1) is 10.9 Å². The van der Waals surface area contributed by atoms with Gasteiger partial charge in [0, 0.05) is 50.9 Å². The fraction of sp³-hybridized carbons (Fsp3) is 0.0423. The van der Waals surface area contributed by atoms with Gasteiger partial charge in [-0.15, -0.1) is 0 Å². The minimum atomic E-state index is -0.410. The highest BCUT2D eigenvalue weighted by Crippen LogP contribution is 2.58. The Balaban J connectivity index is 0.970. The van der Waals surface area contributed by atoms with Crippen molar-refractivity contribution in [3.8, 4) is 27.9 Å². The summed E-state index contributed by atoms with van der Waals surface area (Å²) in [4.78, 5) is 4.77. The highest BCUT2D eigenvalue weighted by molar-refractivity contribution is 5.97. The number of nitrogens with zero attached hydrogens (tertiary/aromatic N) is 3. The van der Waals surface area contributed by atoms with Gasteiger partial charge in [0.15, 0.2) is 0 Å². The van der Waals surface area contributed by atoms with Gasteiger partial charge in [-0.2, -0.15) is 0 Å². The first-order valence-electron chi connectivity index (χ1n) is 25.8. The van der Waals surface area contributed by atoms with E-state index in [-0.39, 0.29) is 5.92 Å². The molecule has 1 atom stereocenters. The standard InChI is InChI=1S/C71H51N3/c1-5-19-50(20-6-1)52-33-37-58(38-34-52)73(61-39-35-51-21-13-14-22-53(51)47-61)62-44-46-70-66(49-62)65-48-55(71(54-23-7-2-8-24-54)67-31-17-15-29-63(67)64-30-16-18-32-68(64)71)36-45-69(65)74(70)60-42-40-59(41-43-60)72(56-25-9-3-10-26-56)57-27-11-4-12-28-57/h1-47,49,55H,48H2. The van der Waals surface area contributed by atoms with E-state index in [9.17, 15) is 0 Å². The van der Waals surface area contributed by atoms with Gasteiger partial charge in [-0.05, 0) is 165 Å². The van der Waals surface area contributed by atoms with Crippen LogP contribution in [-0.4, -0.2) is 4.57 Å². The van der Waals surface area contributed by atoms with Crippen molar-refractivity contribution in [3.63, 3.8) is 0 Å². The van der Waals surface area contributed by atoms with Crippen LogP contribution in [0.25, 0.3) is 55.7 Å². The fourth-order valence-corrected chi connectivity index (χ4v) is 12.4. The Labute approximate surface area is 432 Å². The Kier molecular flexibility index (Phi) is 10.5. The normalized spacial score (nSPS) is 14.1. The van der Waals surface area contributed by atoms with E-state index in [0.29, 0.717) is 0 Å². The molecular weight excluding hydrogens is 895 g/mol. The minimum absolute atomic E-state index is 0.111. The zero-order valence-corrected chi connectivity index (χ0v) is 40.8. The number of para-hydroxylation sites is 2. The van der Waals surface area contributed by atoms with Crippen molar-refractivity contribution < 1.29 is 0 Å². The second-order valence-electron chi connectivity index (χ2n) is 19.6. The lowest BCUT2D eigenvalue weighted by molar-refractivity contribution is 0.452. The largest absolute Gasteiger partial charge is 0.311 e. The van der Waals surface area contributed by atoms with Crippen LogP contribution < -0.4 is 9.80 Å². The molecule has 3 nitrogen and oxygen atoms in total. The number of aromatic nitrogens is 1. The van der Waals surface area contributed by atoms with Gasteiger partial charge in [0.25, 0.3) is 0 Å². The van der Waals surface area contributed by atoms with Gasteiger partial charge >= 0.3 is 0 Å². The van der Waals surface area contributed by atoms with Crippen LogP contribution in [0.15, 0.2) is 285 Å². The average molecular weight is 946 g/mol. The molecule has 2 aliphatic rings. The molecule has 0 saturated carbocycles. The molecule has 3 heteroatoms. The molecule has 1 heterocycles. The van der Waals surface area contributed by atoms with Crippen molar-refractivity contribution in [1.29, 1.82) is 0 Å². The second kappa shape index (κ2) is 18.0. The molecule has 0 N–H and O–H groups in total. The van der Waals surface area contributed by atoms with Gasteiger partial charge in [-0.1, -0.05) is 194 Å². The molecule has 11 aromatic carbocycles. The van der Waals surface area contributed by atoms with E-state index >= 15 is 0 Å². The van der Waals surface area contributed by atoms with Crippen molar-refractivity contribution in [3.05, 3.63) is 313 Å². The average Bonchev–Trinajstić information content (AvgIpc) is 4.05. The Morgan fingerprint density at radius 3 is 1.50 bits per heavy atom. The number of allylic oxidation sites excluding steroid dienone is 1. The lowest BCUT2D eigenvalue weighted by Gasteiger charge is -2.40. The molecular formula is C71H51N3. The molecule has 0 radical (unpaired) electrons. The number of hydrogen-bond donors (Lipinski definition) is 0. The zero-order valence-electron chi connectivity index (χ0n) is 40.8. The Morgan fingerprint density at radius 2 is 0.851 bits per heavy atom. The lowest BCUT2D eigenvalue weighted by Crippen LogP contribution is -2.37. The van der Waals surface area contributed by atoms with Crippen LogP contribution in [0.5, 0.6) is 0 Å². The summed E-state index contributed by atoms with van der Waals surface area (Å²) < 4.78 is 2.50. The number of benzene rings is 11. The third-order valence-corrected chi connectivity index (χ3v) is 15.7. The van der Waals surface area contributed by atoms with Gasteiger partial charge in [0.2, 0.25) is 0 Å². The van der Waals surface area contributed by atoms with E-state index in [4.69, 9.17) is 0 Å². The first-order chi connectivity index (χ1) is 36.7. The molecule has 0 spiro atoms. The van der Waals surface area contributed by atoms with Crippen molar-refractivity contribution in [2.75, 3.05) is 9.80 Å². The molecule has 0 aliphatic heterocycles. The van der Waals surface area contributed by atoms with Crippen LogP contribution in [-0.2, 0) is 11.8 Å². The maximum Gasteiger partial charge on any atom is 0.0539 e. The van der Waals surface area contributed by atoms with Crippen molar-refractivity contribution in [2.24, 2.45) is 5.92 Å². The summed E-state index contributed by atoms with van der Waals surface area (Å²) in [5.41, 5.74) is 20.2. The third kappa shape index (κ3) is 7.11. The molecule has 14 rings (SSSR count). The molecule has 1 unspecified atom stereocenters. The molecule has 1 aromatic heterocycles. The SMILES string of the molecule is C1=CC(C2(c3ccccc3)c3ccccc3-c3ccccc32)Cc2c1n(-c1ccc(N(c3ccccc3)c3ccccc3)cc1)c1ccc(N(c3ccc(-c4ccccc4)cc3)c3ccc4ccccc4c3)cc21. The maximum atomic E-state index is 2.53. The number of fused-ring (bicyclic) bond motifs is 7. The summed E-state index contributed by atoms with van der Waals surface area (Å²) in [5, 5.41) is 3.68. The second-order valence-corrected chi connectivity index (χ2v) is 19.6. The van der Waals surface area contributed by atoms with E-state index in [1.54, 1.807) is 0 Å². The van der Waals surface area contributed by atoms with Crippen LogP contribution in [0.3, 0.4) is 0 Å². The highest BCUT2D eigenvalue weighted by atomic mass is 15.1. The van der Waals surface area contributed by atoms with Crippen LogP contribution in [0, 0.1) is 5.92 Å². The number of rotatable bonds is 10. The van der Waals surface area contributed by atoms with E-state index < -0.39 is 5.41 Å². The van der Waals surface area contributed by atoms with Gasteiger partial charge in [-0.3, -0.25) is 0 Å². The zero-order chi connectivity index (χ0) is 49.0. The van der Waals surface area contributed by atoms with E-state index in [2.05, 4.69) is 306 Å². The summed E-state index contributed by atoms with van der Waals surface area (Å²) in [6, 6.07) is 102. The summed E-state index contributed by atoms with van der Waals surface area (Å²) >= 11 is 0. The van der Waals surface area contributed by atoms with E-state index in [0.717, 1.165) is 46.2 Å². The lowest BCUT2D eigenvalue weighted by atomic mass is 9.61. The van der Waals surface area contributed by atoms with Gasteiger partial charge in [0.1, 0.15) is 0 Å². The van der Waals surface area contributed by atoms with Crippen LogP contribution in [0.1, 0.15) is 27.9 Å². The first kappa shape index (κ1) is 43.4. The fourth-order valence-electron chi connectivity index (χ4n) is 12.4. The molecule has 12 aromatic rings. The van der Waals surface area contributed by atoms with Gasteiger partial charge < -0.3 is 14.4 Å². The molecule has 350 valence electrons. The topological polar surface area (TPSA) is 11.4 Å². The summed E-state index contributed by atoms with van der Waals surface area (Å²) in [6.45, 7) is 0. The third-order valence-electron chi connectivity index (χ3n) is 15.7. The molecule has 74 heavy (non-hydrogen) atoms. The van der Waals surface area contributed by atoms with E-state index in [1.165, 1.54) is 71.9 Å². The molecule has 0 fully saturated rings. The van der Waals surface area contributed by atoms with Crippen molar-refractivity contribution >= 4 is 61.9 Å². The maximum absolute atomic E-state index is 2.53. The van der Waals surface area contributed by atoms with Crippen LogP contribution in [0.2, 0.25) is 0 Å². The predicted octanol–water partition coefficient (Wildman–Crippen LogP) is 18.6. The Hall–Kier alpha value is -9.44.